The van der Waals surface area contributed by atoms with Crippen molar-refractivity contribution in [3.63, 3.8) is 0 Å². The standard InChI is InChI=1S/C26H28ClFN6O3S/c1-4-19-17(10-30-33-19)21-13-37-12-14(2)34(21)11-20-22(26(35)36-3)23(16-6-5-15(28)9-18(16)27)32-24(31-20)25-29-7-8-38-25/h5-10,14,21,23H,4,11-13H2,1-3H3,(H,30,33)(H,31,32)/t14?,21?,23-/m0/s1. The predicted molar refractivity (Wildman–Crippen MR) is 143 cm³/mol. The van der Waals surface area contributed by atoms with Crippen LogP contribution in [-0.4, -0.2) is 64.8 Å². The fourth-order valence-electron chi connectivity index (χ4n) is 4.93. The van der Waals surface area contributed by atoms with Gasteiger partial charge in [-0.3, -0.25) is 15.0 Å². The Morgan fingerprint density at radius 2 is 2.18 bits per heavy atom. The number of ether oxygens (including phenoxy) is 2. The summed E-state index contributed by atoms with van der Waals surface area (Å²) in [5.74, 6) is -0.518. The molecule has 9 nitrogen and oxygen atoms in total. The molecule has 1 saturated heterocycles. The Labute approximate surface area is 228 Å². The van der Waals surface area contributed by atoms with E-state index in [0.717, 1.165) is 17.7 Å². The van der Waals surface area contributed by atoms with Gasteiger partial charge < -0.3 is 14.8 Å². The van der Waals surface area contributed by atoms with Crippen LogP contribution in [0, 0.1) is 5.82 Å². The minimum Gasteiger partial charge on any atom is -0.466 e. The summed E-state index contributed by atoms with van der Waals surface area (Å²) in [4.78, 5) is 24.8. The number of rotatable bonds is 7. The van der Waals surface area contributed by atoms with Crippen molar-refractivity contribution < 1.29 is 18.7 Å². The van der Waals surface area contributed by atoms with Crippen LogP contribution in [0.4, 0.5) is 4.39 Å². The van der Waals surface area contributed by atoms with Gasteiger partial charge in [0.1, 0.15) is 11.9 Å². The molecule has 1 aromatic carbocycles. The molecule has 3 aromatic rings. The van der Waals surface area contributed by atoms with E-state index in [1.54, 1.807) is 12.3 Å². The molecule has 0 bridgehead atoms. The molecule has 2 unspecified atom stereocenters. The van der Waals surface area contributed by atoms with E-state index in [1.165, 1.54) is 30.6 Å². The molecule has 200 valence electrons. The van der Waals surface area contributed by atoms with Crippen LogP contribution in [-0.2, 0) is 20.7 Å². The fraction of sp³-hybridized carbons (Fsp3) is 0.385. The van der Waals surface area contributed by atoms with Crippen molar-refractivity contribution in [2.75, 3.05) is 26.9 Å². The highest BCUT2D eigenvalue weighted by Crippen LogP contribution is 2.38. The van der Waals surface area contributed by atoms with Crippen molar-refractivity contribution in [3.8, 4) is 0 Å². The van der Waals surface area contributed by atoms with Crippen molar-refractivity contribution in [3.05, 3.63) is 79.9 Å². The number of aromatic nitrogens is 3. The molecule has 2 N–H and O–H groups in total. The molecule has 1 fully saturated rings. The van der Waals surface area contributed by atoms with E-state index in [2.05, 4.69) is 39.2 Å². The quantitative estimate of drug-likeness (QED) is 0.419. The molecule has 3 atom stereocenters. The van der Waals surface area contributed by atoms with Crippen LogP contribution in [0.15, 0.2) is 52.2 Å². The maximum atomic E-state index is 13.9. The molecule has 4 heterocycles. The number of amidine groups is 1. The molecule has 12 heteroatoms. The second-order valence-electron chi connectivity index (χ2n) is 9.12. The molecule has 5 rings (SSSR count). The Morgan fingerprint density at radius 1 is 1.34 bits per heavy atom. The van der Waals surface area contributed by atoms with Crippen molar-refractivity contribution in [1.82, 2.24) is 25.4 Å². The minimum atomic E-state index is -0.819. The number of hydrogen-bond donors (Lipinski definition) is 2. The molecular weight excluding hydrogens is 531 g/mol. The number of thiazole rings is 1. The number of esters is 1. The van der Waals surface area contributed by atoms with Crippen LogP contribution < -0.4 is 5.32 Å². The number of nitrogens with one attached hydrogen (secondary N) is 2. The van der Waals surface area contributed by atoms with Crippen LogP contribution >= 0.6 is 22.9 Å². The average molecular weight is 559 g/mol. The largest absolute Gasteiger partial charge is 0.466 e. The third-order valence-electron chi connectivity index (χ3n) is 6.83. The Kier molecular flexibility index (Phi) is 7.89. The zero-order chi connectivity index (χ0) is 26.8. The lowest BCUT2D eigenvalue weighted by Gasteiger charge is -2.42. The topological polar surface area (TPSA) is 105 Å². The Balaban J connectivity index is 1.62. The number of H-pyrrole nitrogens is 1. The summed E-state index contributed by atoms with van der Waals surface area (Å²) in [6.45, 7) is 5.55. The summed E-state index contributed by atoms with van der Waals surface area (Å²) in [5.41, 5.74) is 3.51. The molecular formula is C26H28ClFN6O3S. The number of methoxy groups -OCH3 is 1. The molecule has 2 aliphatic rings. The van der Waals surface area contributed by atoms with Gasteiger partial charge in [0.05, 0.1) is 38.1 Å². The summed E-state index contributed by atoms with van der Waals surface area (Å²) in [5, 5.41) is 13.4. The monoisotopic (exact) mass is 558 g/mol. The number of aryl methyl sites for hydroxylation is 1. The fourth-order valence-corrected chi connectivity index (χ4v) is 5.78. The van der Waals surface area contributed by atoms with E-state index in [1.807, 2.05) is 11.6 Å². The highest BCUT2D eigenvalue weighted by molar-refractivity contribution is 7.11. The van der Waals surface area contributed by atoms with Crippen LogP contribution in [0.3, 0.4) is 0 Å². The normalized spacial score (nSPS) is 22.2. The predicted octanol–water partition coefficient (Wildman–Crippen LogP) is 4.20. The summed E-state index contributed by atoms with van der Waals surface area (Å²) >= 11 is 7.90. The van der Waals surface area contributed by atoms with Crippen molar-refractivity contribution >= 4 is 34.7 Å². The number of halogens is 2. The smallest absolute Gasteiger partial charge is 0.338 e. The third kappa shape index (κ3) is 5.11. The van der Waals surface area contributed by atoms with Gasteiger partial charge in [-0.1, -0.05) is 24.6 Å². The van der Waals surface area contributed by atoms with Crippen molar-refractivity contribution in [2.24, 2.45) is 4.99 Å². The maximum absolute atomic E-state index is 13.9. The maximum Gasteiger partial charge on any atom is 0.338 e. The first kappa shape index (κ1) is 26.5. The van der Waals surface area contributed by atoms with Gasteiger partial charge in [0.2, 0.25) is 0 Å². The Morgan fingerprint density at radius 3 is 2.89 bits per heavy atom. The van der Waals surface area contributed by atoms with Crippen LogP contribution in [0.25, 0.3) is 0 Å². The highest BCUT2D eigenvalue weighted by atomic mass is 35.5. The number of nitrogens with zero attached hydrogens (tertiary/aromatic N) is 4. The second-order valence-corrected chi connectivity index (χ2v) is 10.4. The number of hydrogen-bond acceptors (Lipinski definition) is 9. The molecule has 2 aliphatic heterocycles. The first-order valence-corrected chi connectivity index (χ1v) is 13.5. The number of aliphatic imine (C=N–C) groups is 1. The highest BCUT2D eigenvalue weighted by Gasteiger charge is 2.38. The lowest BCUT2D eigenvalue weighted by molar-refractivity contribution is -0.136. The lowest BCUT2D eigenvalue weighted by Crippen LogP contribution is -2.49. The van der Waals surface area contributed by atoms with Crippen LogP contribution in [0.1, 0.15) is 47.8 Å². The van der Waals surface area contributed by atoms with Gasteiger partial charge in [-0.05, 0) is 25.5 Å². The minimum absolute atomic E-state index is 0.0385. The molecule has 0 aliphatic carbocycles. The molecule has 0 spiro atoms. The van der Waals surface area contributed by atoms with Gasteiger partial charge in [0.25, 0.3) is 0 Å². The zero-order valence-electron chi connectivity index (χ0n) is 21.2. The number of benzene rings is 1. The van der Waals surface area contributed by atoms with Crippen molar-refractivity contribution in [2.45, 2.75) is 38.4 Å². The van der Waals surface area contributed by atoms with E-state index in [4.69, 9.17) is 26.1 Å². The summed E-state index contributed by atoms with van der Waals surface area (Å²) in [6.07, 6.45) is 4.33. The third-order valence-corrected chi connectivity index (χ3v) is 7.94. The van der Waals surface area contributed by atoms with Gasteiger partial charge in [-0.15, -0.1) is 11.3 Å². The van der Waals surface area contributed by atoms with Gasteiger partial charge in [0.15, 0.2) is 10.8 Å². The molecule has 2 aromatic heterocycles. The van der Waals surface area contributed by atoms with Gasteiger partial charge in [-0.25, -0.2) is 14.2 Å². The molecule has 38 heavy (non-hydrogen) atoms. The zero-order valence-corrected chi connectivity index (χ0v) is 22.8. The SMILES string of the molecule is CCc1[nH]ncc1C1COCC(C)N1CC1=C(C(=O)OC)[C@H](c2ccc(F)cc2Cl)N=C(c2nccs2)N1. The van der Waals surface area contributed by atoms with Crippen LogP contribution in [0.2, 0.25) is 5.02 Å². The van der Waals surface area contributed by atoms with Gasteiger partial charge >= 0.3 is 5.97 Å². The summed E-state index contributed by atoms with van der Waals surface area (Å²) < 4.78 is 25.1. The molecule has 0 saturated carbocycles. The lowest BCUT2D eigenvalue weighted by atomic mass is 9.94. The van der Waals surface area contributed by atoms with E-state index in [0.29, 0.717) is 47.4 Å². The number of carbonyl (C=O) groups is 1. The number of morpholine rings is 1. The van der Waals surface area contributed by atoms with E-state index >= 15 is 0 Å². The Hall–Kier alpha value is -3.12. The number of carbonyl (C=O) groups excluding carboxylic acids is 1. The number of aromatic amines is 1. The van der Waals surface area contributed by atoms with Crippen molar-refractivity contribution in [1.29, 1.82) is 0 Å². The molecule has 0 amide bonds. The first-order chi connectivity index (χ1) is 18.4. The van der Waals surface area contributed by atoms with Gasteiger partial charge in [-0.2, -0.15) is 5.10 Å². The summed E-state index contributed by atoms with van der Waals surface area (Å²) in [6, 6.07) is 3.21. The van der Waals surface area contributed by atoms with E-state index in [-0.39, 0.29) is 17.1 Å². The molecule has 0 radical (unpaired) electrons. The average Bonchev–Trinajstić information content (AvgIpc) is 3.61. The van der Waals surface area contributed by atoms with Crippen LogP contribution in [0.5, 0.6) is 0 Å². The van der Waals surface area contributed by atoms with Gasteiger partial charge in [0, 0.05) is 51.7 Å². The first-order valence-electron chi connectivity index (χ1n) is 12.3. The Bertz CT molecular complexity index is 1370. The summed E-state index contributed by atoms with van der Waals surface area (Å²) in [7, 11) is 1.33. The van der Waals surface area contributed by atoms with E-state index in [9.17, 15) is 9.18 Å². The second kappa shape index (κ2) is 11.3. The van der Waals surface area contributed by atoms with E-state index < -0.39 is 17.8 Å².